The molecule has 78 valence electrons. The van der Waals surface area contributed by atoms with E-state index in [0.29, 0.717) is 16.6 Å². The molecule has 0 unspecified atom stereocenters. The second kappa shape index (κ2) is 4.65. The molecule has 0 spiro atoms. The summed E-state index contributed by atoms with van der Waals surface area (Å²) in [7, 11) is 0. The van der Waals surface area contributed by atoms with Gasteiger partial charge in [0.1, 0.15) is 5.82 Å². The Bertz CT molecular complexity index is 333. The fourth-order valence-corrected chi connectivity index (χ4v) is 1.54. The van der Waals surface area contributed by atoms with E-state index in [2.05, 4.69) is 20.9 Å². The Morgan fingerprint density at radius 1 is 1.57 bits per heavy atom. The minimum Gasteiger partial charge on any atom is -0.390 e. The van der Waals surface area contributed by atoms with Gasteiger partial charge in [0.2, 0.25) is 0 Å². The number of hydrogen-bond acceptors (Lipinski definition) is 3. The van der Waals surface area contributed by atoms with Crippen LogP contribution < -0.4 is 5.73 Å². The van der Waals surface area contributed by atoms with Crippen LogP contribution >= 0.6 is 15.9 Å². The number of anilines is 1. The molecule has 0 bridgehead atoms. The van der Waals surface area contributed by atoms with Crippen LogP contribution in [0.4, 0.5) is 14.6 Å². The molecule has 0 fully saturated rings. The predicted octanol–water partition coefficient (Wildman–Crippen LogP) is 1.99. The Morgan fingerprint density at radius 2 is 2.21 bits per heavy atom. The second-order valence-corrected chi connectivity index (χ2v) is 3.22. The van der Waals surface area contributed by atoms with E-state index < -0.39 is 6.43 Å². The van der Waals surface area contributed by atoms with Gasteiger partial charge in [-0.2, -0.15) is 0 Å². The summed E-state index contributed by atoms with van der Waals surface area (Å²) in [5, 5.41) is 9.23. The van der Waals surface area contributed by atoms with Crippen molar-refractivity contribution in [1.82, 2.24) is 4.98 Å². The third-order valence-electron chi connectivity index (χ3n) is 1.78. The molecule has 0 saturated heterocycles. The topological polar surface area (TPSA) is 59.1 Å². The number of nitrogens with zero attached hydrogens (tertiary/aromatic N) is 1. The Hall–Kier alpha value is -0.750. The fraction of sp³-hybridized carbons (Fsp3) is 0.375. The molecule has 0 aliphatic heterocycles. The van der Waals surface area contributed by atoms with Crippen molar-refractivity contribution in [3.63, 3.8) is 0 Å². The van der Waals surface area contributed by atoms with Crippen LogP contribution in [0.15, 0.2) is 6.07 Å². The monoisotopic (exact) mass is 266 g/mol. The highest BCUT2D eigenvalue weighted by Gasteiger charge is 2.15. The maximum absolute atomic E-state index is 12.4. The zero-order chi connectivity index (χ0) is 10.7. The number of rotatable bonds is 3. The summed E-state index contributed by atoms with van der Waals surface area (Å²) in [5.41, 5.74) is 5.86. The van der Waals surface area contributed by atoms with Crippen molar-refractivity contribution in [1.29, 1.82) is 0 Å². The molecular weight excluding hydrogens is 258 g/mol. The van der Waals surface area contributed by atoms with E-state index in [0.717, 1.165) is 0 Å². The lowest BCUT2D eigenvalue weighted by molar-refractivity contribution is 0.151. The van der Waals surface area contributed by atoms with Gasteiger partial charge in [0, 0.05) is 5.33 Å². The molecule has 1 aromatic rings. The summed E-state index contributed by atoms with van der Waals surface area (Å²) in [6, 6.07) is 1.26. The molecule has 14 heavy (non-hydrogen) atoms. The lowest BCUT2D eigenvalue weighted by Crippen LogP contribution is -2.05. The Balaban J connectivity index is 3.23. The van der Waals surface area contributed by atoms with Gasteiger partial charge in [-0.3, -0.25) is 0 Å². The van der Waals surface area contributed by atoms with E-state index in [1.165, 1.54) is 6.07 Å². The first kappa shape index (κ1) is 11.3. The summed E-state index contributed by atoms with van der Waals surface area (Å²) < 4.78 is 24.8. The highest BCUT2D eigenvalue weighted by atomic mass is 79.9. The Morgan fingerprint density at radius 3 is 2.64 bits per heavy atom. The van der Waals surface area contributed by atoms with Crippen LogP contribution in [-0.4, -0.2) is 10.1 Å². The quantitative estimate of drug-likeness (QED) is 0.823. The average molecular weight is 267 g/mol. The van der Waals surface area contributed by atoms with Crippen LogP contribution in [0, 0.1) is 0 Å². The van der Waals surface area contributed by atoms with Crippen LogP contribution in [0.1, 0.15) is 23.2 Å². The normalized spacial score (nSPS) is 10.9. The van der Waals surface area contributed by atoms with Gasteiger partial charge in [0.25, 0.3) is 6.43 Å². The number of hydrogen-bond donors (Lipinski definition) is 2. The molecule has 1 rings (SSSR count). The fourth-order valence-electron chi connectivity index (χ4n) is 1.05. The van der Waals surface area contributed by atoms with Gasteiger partial charge >= 0.3 is 0 Å². The van der Waals surface area contributed by atoms with Gasteiger partial charge in [-0.15, -0.1) is 0 Å². The van der Waals surface area contributed by atoms with E-state index in [1.807, 2.05) is 0 Å². The minimum absolute atomic E-state index is 0.228. The molecule has 0 aliphatic rings. The average Bonchev–Trinajstić information content (AvgIpc) is 2.16. The number of halogens is 3. The van der Waals surface area contributed by atoms with Crippen molar-refractivity contribution in [2.24, 2.45) is 0 Å². The molecule has 0 radical (unpaired) electrons. The number of alkyl halides is 3. The van der Waals surface area contributed by atoms with Gasteiger partial charge in [-0.05, 0) is 11.6 Å². The zero-order valence-corrected chi connectivity index (χ0v) is 8.76. The van der Waals surface area contributed by atoms with Crippen LogP contribution in [0.3, 0.4) is 0 Å². The molecule has 6 heteroatoms. The number of aliphatic hydroxyl groups is 1. The minimum atomic E-state index is -2.65. The summed E-state index contributed by atoms with van der Waals surface area (Å²) >= 11 is 3.12. The Kier molecular flexibility index (Phi) is 3.77. The predicted molar refractivity (Wildman–Crippen MR) is 52.2 cm³/mol. The van der Waals surface area contributed by atoms with Crippen molar-refractivity contribution < 1.29 is 13.9 Å². The first-order valence-corrected chi connectivity index (χ1v) is 4.95. The van der Waals surface area contributed by atoms with E-state index in [4.69, 9.17) is 10.8 Å². The number of nitrogens with two attached hydrogens (primary N) is 1. The molecule has 0 aliphatic carbocycles. The highest BCUT2D eigenvalue weighted by Crippen LogP contribution is 2.26. The first-order valence-electron chi connectivity index (χ1n) is 3.83. The Labute approximate surface area is 88.1 Å². The third-order valence-corrected chi connectivity index (χ3v) is 2.38. The van der Waals surface area contributed by atoms with Crippen LogP contribution in [0.2, 0.25) is 0 Å². The maximum atomic E-state index is 12.4. The van der Waals surface area contributed by atoms with Crippen LogP contribution in [0.25, 0.3) is 0 Å². The molecule has 0 saturated carbocycles. The summed E-state index contributed by atoms with van der Waals surface area (Å²) in [4.78, 5) is 3.70. The second-order valence-electron chi connectivity index (χ2n) is 2.66. The van der Waals surface area contributed by atoms with Crippen molar-refractivity contribution in [3.05, 3.63) is 22.9 Å². The van der Waals surface area contributed by atoms with E-state index in [-0.39, 0.29) is 18.0 Å². The van der Waals surface area contributed by atoms with Crippen molar-refractivity contribution in [3.8, 4) is 0 Å². The summed E-state index contributed by atoms with van der Waals surface area (Å²) in [6.45, 7) is -0.311. The molecule has 0 amide bonds. The number of pyridine rings is 1. The largest absolute Gasteiger partial charge is 0.390 e. The van der Waals surface area contributed by atoms with E-state index in [1.54, 1.807) is 0 Å². The highest BCUT2D eigenvalue weighted by molar-refractivity contribution is 9.08. The summed E-state index contributed by atoms with van der Waals surface area (Å²) in [5.74, 6) is -0.228. The molecule has 3 N–H and O–H groups in total. The third kappa shape index (κ3) is 2.19. The van der Waals surface area contributed by atoms with Gasteiger partial charge in [-0.25, -0.2) is 13.8 Å². The lowest BCUT2D eigenvalue weighted by atomic mass is 10.1. The van der Waals surface area contributed by atoms with E-state index >= 15 is 0 Å². The number of nitrogen functional groups attached to an aromatic ring is 1. The maximum Gasteiger partial charge on any atom is 0.267 e. The van der Waals surface area contributed by atoms with Gasteiger partial charge < -0.3 is 10.8 Å². The molecule has 0 aromatic carbocycles. The van der Waals surface area contributed by atoms with Crippen molar-refractivity contribution >= 4 is 21.7 Å². The number of aromatic nitrogens is 1. The van der Waals surface area contributed by atoms with Gasteiger partial charge in [0.15, 0.2) is 0 Å². The van der Waals surface area contributed by atoms with Crippen molar-refractivity contribution in [2.45, 2.75) is 18.4 Å². The van der Waals surface area contributed by atoms with Gasteiger partial charge in [0.05, 0.1) is 17.9 Å². The first-order chi connectivity index (χ1) is 6.60. The number of aliphatic hydroxyl groups excluding tert-OH is 1. The molecular formula is C8H9BrF2N2O. The van der Waals surface area contributed by atoms with Crippen LogP contribution in [0.5, 0.6) is 0 Å². The molecule has 1 heterocycles. The standard InChI is InChI=1S/C8H9BrF2N2O/c9-2-4-1-5(7(10)11)8(12)13-6(4)3-14/h1,7,14H,2-3H2,(H2,12,13). The van der Waals surface area contributed by atoms with Crippen LogP contribution in [-0.2, 0) is 11.9 Å². The molecule has 3 nitrogen and oxygen atoms in total. The van der Waals surface area contributed by atoms with Crippen molar-refractivity contribution in [2.75, 3.05) is 5.73 Å². The smallest absolute Gasteiger partial charge is 0.267 e. The van der Waals surface area contributed by atoms with E-state index in [9.17, 15) is 8.78 Å². The SMILES string of the molecule is Nc1nc(CO)c(CBr)cc1C(F)F. The molecule has 0 atom stereocenters. The molecule has 1 aromatic heterocycles. The zero-order valence-electron chi connectivity index (χ0n) is 7.17. The summed E-state index contributed by atoms with van der Waals surface area (Å²) in [6.07, 6.45) is -2.65. The van der Waals surface area contributed by atoms with Gasteiger partial charge in [-0.1, -0.05) is 15.9 Å². The lowest BCUT2D eigenvalue weighted by Gasteiger charge is -2.09.